The van der Waals surface area contributed by atoms with Crippen LogP contribution in [0.2, 0.25) is 0 Å². The first-order valence-corrected chi connectivity index (χ1v) is 9.33. The zero-order chi connectivity index (χ0) is 19.3. The predicted molar refractivity (Wildman–Crippen MR) is 95.9 cm³/mol. The molecule has 0 saturated heterocycles. The summed E-state index contributed by atoms with van der Waals surface area (Å²) >= 11 is 0. The van der Waals surface area contributed by atoms with Crippen LogP contribution in [0.25, 0.3) is 0 Å². The van der Waals surface area contributed by atoms with Crippen LogP contribution in [0.4, 0.5) is 4.39 Å². The number of pyridine rings is 1. The number of ether oxygens (including phenoxy) is 1. The van der Waals surface area contributed by atoms with Crippen molar-refractivity contribution in [3.05, 3.63) is 83.8 Å². The predicted octanol–water partition coefficient (Wildman–Crippen LogP) is 3.36. The molecule has 27 heavy (non-hydrogen) atoms. The molecule has 0 atom stereocenters. The van der Waals surface area contributed by atoms with E-state index in [0.717, 1.165) is 0 Å². The maximum absolute atomic E-state index is 13.3. The van der Waals surface area contributed by atoms with Gasteiger partial charge in [0.1, 0.15) is 11.6 Å². The second kappa shape index (κ2) is 7.95. The summed E-state index contributed by atoms with van der Waals surface area (Å²) in [5.74, 6) is -0.0424. The molecule has 1 heterocycles. The van der Waals surface area contributed by atoms with Crippen LogP contribution >= 0.6 is 0 Å². The molecule has 3 aromatic rings. The molecule has 2 aromatic carbocycles. The molecule has 0 fully saturated rings. The maximum Gasteiger partial charge on any atom is 0.240 e. The van der Waals surface area contributed by atoms with Gasteiger partial charge in [-0.3, -0.25) is 0 Å². The van der Waals surface area contributed by atoms with Crippen molar-refractivity contribution in [2.45, 2.75) is 11.4 Å². The molecule has 6 nitrogen and oxygen atoms in total. The Kier molecular flexibility index (Phi) is 5.45. The van der Waals surface area contributed by atoms with E-state index in [-0.39, 0.29) is 28.6 Å². The number of halogens is 1. The van der Waals surface area contributed by atoms with Crippen LogP contribution < -0.4 is 9.46 Å². The Morgan fingerprint density at radius 3 is 2.70 bits per heavy atom. The zero-order valence-electron chi connectivity index (χ0n) is 14.0. The molecule has 1 aromatic heterocycles. The minimum absolute atomic E-state index is 0.0157. The maximum atomic E-state index is 13.3. The third kappa shape index (κ3) is 4.67. The van der Waals surface area contributed by atoms with Gasteiger partial charge in [0, 0.05) is 24.4 Å². The number of hydrogen-bond acceptors (Lipinski definition) is 5. The van der Waals surface area contributed by atoms with Gasteiger partial charge in [-0.2, -0.15) is 5.26 Å². The molecule has 0 bridgehead atoms. The molecule has 136 valence electrons. The van der Waals surface area contributed by atoms with Crippen molar-refractivity contribution < 1.29 is 17.5 Å². The number of aromatic nitrogens is 1. The molecule has 3 rings (SSSR count). The molecule has 0 unspecified atom stereocenters. The van der Waals surface area contributed by atoms with Gasteiger partial charge in [0.15, 0.2) is 0 Å². The summed E-state index contributed by atoms with van der Waals surface area (Å²) in [5.41, 5.74) is 0.719. The van der Waals surface area contributed by atoms with Crippen molar-refractivity contribution in [3.63, 3.8) is 0 Å². The molecule has 0 spiro atoms. The molecule has 8 heteroatoms. The van der Waals surface area contributed by atoms with Crippen LogP contribution in [-0.2, 0) is 16.6 Å². The second-order valence-electron chi connectivity index (χ2n) is 5.49. The lowest BCUT2D eigenvalue weighted by molar-refractivity contribution is 0.451. The Bertz CT molecular complexity index is 1110. The Balaban J connectivity index is 1.79. The Morgan fingerprint density at radius 1 is 1.11 bits per heavy atom. The minimum Gasteiger partial charge on any atom is -0.439 e. The first-order chi connectivity index (χ1) is 13.0. The van der Waals surface area contributed by atoms with E-state index in [1.807, 2.05) is 6.07 Å². The molecular formula is C19H14FN3O3S. The highest BCUT2D eigenvalue weighted by Gasteiger charge is 2.16. The Labute approximate surface area is 155 Å². The van der Waals surface area contributed by atoms with E-state index in [2.05, 4.69) is 9.71 Å². The van der Waals surface area contributed by atoms with Gasteiger partial charge in [-0.05, 0) is 36.4 Å². The van der Waals surface area contributed by atoms with Gasteiger partial charge < -0.3 is 4.74 Å². The van der Waals surface area contributed by atoms with Crippen LogP contribution in [0.3, 0.4) is 0 Å². The standard InChI is InChI=1S/C19H14FN3O3S/c20-16-6-2-7-17(11-16)26-19-15(5-3-9-22-19)13-23-27(24,25)18-8-1-4-14(10-18)12-21/h1-11,23H,13H2. The van der Waals surface area contributed by atoms with Gasteiger partial charge in [0.25, 0.3) is 0 Å². The van der Waals surface area contributed by atoms with E-state index in [0.29, 0.717) is 5.56 Å². The van der Waals surface area contributed by atoms with Gasteiger partial charge in [0.2, 0.25) is 15.9 Å². The van der Waals surface area contributed by atoms with Gasteiger partial charge in [-0.15, -0.1) is 0 Å². The summed E-state index contributed by atoms with van der Waals surface area (Å²) in [6, 6.07) is 16.4. The van der Waals surface area contributed by atoms with Crippen LogP contribution in [0.15, 0.2) is 71.8 Å². The van der Waals surface area contributed by atoms with Crippen molar-refractivity contribution in [2.24, 2.45) is 0 Å². The lowest BCUT2D eigenvalue weighted by atomic mass is 10.2. The van der Waals surface area contributed by atoms with Crippen molar-refractivity contribution >= 4 is 10.0 Å². The number of rotatable bonds is 6. The highest BCUT2D eigenvalue weighted by molar-refractivity contribution is 7.89. The van der Waals surface area contributed by atoms with Crippen LogP contribution in [0.5, 0.6) is 11.6 Å². The van der Waals surface area contributed by atoms with E-state index >= 15 is 0 Å². The summed E-state index contributed by atoms with van der Waals surface area (Å²) in [7, 11) is -3.83. The van der Waals surface area contributed by atoms with Crippen LogP contribution in [0.1, 0.15) is 11.1 Å². The van der Waals surface area contributed by atoms with E-state index in [1.165, 1.54) is 48.7 Å². The number of hydrogen-bond donors (Lipinski definition) is 1. The summed E-state index contributed by atoms with van der Waals surface area (Å²) in [6.07, 6.45) is 1.49. The molecule has 0 aliphatic rings. The lowest BCUT2D eigenvalue weighted by Crippen LogP contribution is -2.23. The summed E-state index contributed by atoms with van der Waals surface area (Å²) in [4.78, 5) is 4.07. The summed E-state index contributed by atoms with van der Waals surface area (Å²) in [6.45, 7) is -0.0857. The fourth-order valence-electron chi connectivity index (χ4n) is 2.28. The van der Waals surface area contributed by atoms with E-state index < -0.39 is 15.8 Å². The smallest absolute Gasteiger partial charge is 0.240 e. The minimum atomic E-state index is -3.83. The largest absolute Gasteiger partial charge is 0.439 e. The third-order valence-corrected chi connectivity index (χ3v) is 4.99. The fourth-order valence-corrected chi connectivity index (χ4v) is 3.33. The first-order valence-electron chi connectivity index (χ1n) is 7.85. The molecule has 0 aliphatic heterocycles. The second-order valence-corrected chi connectivity index (χ2v) is 7.26. The molecule has 0 saturated carbocycles. The number of benzene rings is 2. The SMILES string of the molecule is N#Cc1cccc(S(=O)(=O)NCc2cccnc2Oc2cccc(F)c2)c1. The molecule has 1 N–H and O–H groups in total. The number of nitrogens with zero attached hydrogens (tertiary/aromatic N) is 2. The van der Waals surface area contributed by atoms with Crippen molar-refractivity contribution in [2.75, 3.05) is 0 Å². The average Bonchev–Trinajstić information content (AvgIpc) is 2.67. The Hall–Kier alpha value is -3.28. The fraction of sp³-hybridized carbons (Fsp3) is 0.0526. The van der Waals surface area contributed by atoms with Crippen molar-refractivity contribution in [1.82, 2.24) is 9.71 Å². The lowest BCUT2D eigenvalue weighted by Gasteiger charge is -2.11. The van der Waals surface area contributed by atoms with Gasteiger partial charge in [0.05, 0.1) is 16.5 Å². The zero-order valence-corrected chi connectivity index (χ0v) is 14.8. The summed E-state index contributed by atoms with van der Waals surface area (Å²) in [5, 5.41) is 8.92. The van der Waals surface area contributed by atoms with E-state index in [1.54, 1.807) is 18.2 Å². The number of nitriles is 1. The molecule has 0 amide bonds. The average molecular weight is 383 g/mol. The van der Waals surface area contributed by atoms with Crippen molar-refractivity contribution in [3.8, 4) is 17.7 Å². The topological polar surface area (TPSA) is 92.1 Å². The number of nitrogens with one attached hydrogen (secondary N) is 1. The van der Waals surface area contributed by atoms with Gasteiger partial charge in [-0.1, -0.05) is 18.2 Å². The van der Waals surface area contributed by atoms with Gasteiger partial charge in [-0.25, -0.2) is 22.5 Å². The first kappa shape index (κ1) is 18.5. The quantitative estimate of drug-likeness (QED) is 0.705. The van der Waals surface area contributed by atoms with Crippen LogP contribution in [-0.4, -0.2) is 13.4 Å². The van der Waals surface area contributed by atoms with Crippen LogP contribution in [0, 0.1) is 17.1 Å². The van der Waals surface area contributed by atoms with Gasteiger partial charge >= 0.3 is 0 Å². The summed E-state index contributed by atoms with van der Waals surface area (Å²) < 4.78 is 46.2. The Morgan fingerprint density at radius 2 is 1.93 bits per heavy atom. The molecular weight excluding hydrogens is 369 g/mol. The number of sulfonamides is 1. The monoisotopic (exact) mass is 383 g/mol. The van der Waals surface area contributed by atoms with E-state index in [4.69, 9.17) is 10.00 Å². The van der Waals surface area contributed by atoms with E-state index in [9.17, 15) is 12.8 Å². The molecule has 0 radical (unpaired) electrons. The van der Waals surface area contributed by atoms with Crippen molar-refractivity contribution in [1.29, 1.82) is 5.26 Å². The third-order valence-electron chi connectivity index (χ3n) is 3.59. The molecule has 0 aliphatic carbocycles. The normalized spacial score (nSPS) is 11.0. The highest BCUT2D eigenvalue weighted by Crippen LogP contribution is 2.24. The highest BCUT2D eigenvalue weighted by atomic mass is 32.2.